The molecule has 36 heavy (non-hydrogen) atoms. The first-order valence-corrected chi connectivity index (χ1v) is 12.6. The van der Waals surface area contributed by atoms with Crippen LogP contribution in [0.4, 0.5) is 10.2 Å². The van der Waals surface area contributed by atoms with Gasteiger partial charge in [-0.3, -0.25) is 4.90 Å². The predicted octanol–water partition coefficient (Wildman–Crippen LogP) is 4.69. The Bertz CT molecular complexity index is 1360. The first-order valence-electron chi connectivity index (χ1n) is 12.6. The Morgan fingerprint density at radius 2 is 1.81 bits per heavy atom. The maximum absolute atomic E-state index is 14.1. The normalized spacial score (nSPS) is 17.6. The van der Waals surface area contributed by atoms with Crippen molar-refractivity contribution in [1.82, 2.24) is 19.9 Å². The van der Waals surface area contributed by atoms with Crippen molar-refractivity contribution >= 4 is 16.9 Å². The lowest BCUT2D eigenvalue weighted by Crippen LogP contribution is -2.37. The molecule has 0 saturated carbocycles. The summed E-state index contributed by atoms with van der Waals surface area (Å²) in [6.45, 7) is 5.34. The van der Waals surface area contributed by atoms with Crippen molar-refractivity contribution in [2.75, 3.05) is 44.3 Å². The monoisotopic (exact) mass is 487 g/mol. The van der Waals surface area contributed by atoms with E-state index in [2.05, 4.69) is 21.0 Å². The third kappa shape index (κ3) is 4.54. The summed E-state index contributed by atoms with van der Waals surface area (Å²) in [5, 5.41) is 10.1. The van der Waals surface area contributed by atoms with Gasteiger partial charge in [0.25, 0.3) is 0 Å². The molecule has 2 aliphatic rings. The zero-order valence-electron chi connectivity index (χ0n) is 20.2. The van der Waals surface area contributed by atoms with Crippen molar-refractivity contribution in [2.24, 2.45) is 0 Å². The van der Waals surface area contributed by atoms with Gasteiger partial charge >= 0.3 is 0 Å². The van der Waals surface area contributed by atoms with Crippen LogP contribution in [-0.4, -0.2) is 64.4 Å². The highest BCUT2D eigenvalue weighted by Crippen LogP contribution is 2.37. The van der Waals surface area contributed by atoms with Gasteiger partial charge in [0.15, 0.2) is 11.6 Å². The number of phenolic OH excluding ortho intramolecular Hbond substituents is 1. The number of likely N-dealkylation sites (tertiary alicyclic amines) is 1. The number of morpholine rings is 1. The summed E-state index contributed by atoms with van der Waals surface area (Å²) in [4.78, 5) is 18.0. The Balaban J connectivity index is 1.31. The number of piperidine rings is 1. The average molecular weight is 488 g/mol. The van der Waals surface area contributed by atoms with E-state index >= 15 is 0 Å². The topological polar surface area (TPSA) is 77.5 Å². The fraction of sp³-hybridized carbons (Fsp3) is 0.357. The predicted molar refractivity (Wildman–Crippen MR) is 138 cm³/mol. The summed E-state index contributed by atoms with van der Waals surface area (Å²) < 4.78 is 19.7. The molecule has 4 aromatic rings. The van der Waals surface area contributed by atoms with Gasteiger partial charge in [-0.25, -0.2) is 14.4 Å². The van der Waals surface area contributed by atoms with Gasteiger partial charge in [-0.1, -0.05) is 30.3 Å². The van der Waals surface area contributed by atoms with Crippen LogP contribution in [0.1, 0.15) is 29.9 Å². The van der Waals surface area contributed by atoms with Crippen LogP contribution in [0.25, 0.3) is 22.4 Å². The van der Waals surface area contributed by atoms with E-state index in [1.807, 2.05) is 24.3 Å². The summed E-state index contributed by atoms with van der Waals surface area (Å²) >= 11 is 0. The zero-order chi connectivity index (χ0) is 24.5. The van der Waals surface area contributed by atoms with Crippen molar-refractivity contribution in [3.8, 4) is 17.1 Å². The van der Waals surface area contributed by atoms with Crippen molar-refractivity contribution in [1.29, 1.82) is 0 Å². The first kappa shape index (κ1) is 22.9. The zero-order valence-corrected chi connectivity index (χ0v) is 20.2. The Kier molecular flexibility index (Phi) is 6.29. The second-order valence-corrected chi connectivity index (χ2v) is 9.63. The number of nitrogens with zero attached hydrogens (tertiary/aromatic N) is 4. The maximum Gasteiger partial charge on any atom is 0.162 e. The molecule has 2 aromatic heterocycles. The highest BCUT2D eigenvalue weighted by atomic mass is 19.1. The molecule has 2 saturated heterocycles. The van der Waals surface area contributed by atoms with Gasteiger partial charge in [0.1, 0.15) is 17.1 Å². The lowest BCUT2D eigenvalue weighted by atomic mass is 9.90. The minimum atomic E-state index is -0.136. The van der Waals surface area contributed by atoms with E-state index in [9.17, 15) is 9.50 Å². The van der Waals surface area contributed by atoms with E-state index in [0.717, 1.165) is 67.0 Å². The van der Waals surface area contributed by atoms with Gasteiger partial charge in [0.2, 0.25) is 0 Å². The third-order valence-corrected chi connectivity index (χ3v) is 7.33. The number of aromatic amines is 1. The smallest absolute Gasteiger partial charge is 0.162 e. The molecule has 8 heteroatoms. The van der Waals surface area contributed by atoms with Crippen molar-refractivity contribution in [2.45, 2.75) is 25.3 Å². The maximum atomic E-state index is 14.1. The molecule has 2 aromatic carbocycles. The molecule has 2 aliphatic heterocycles. The second-order valence-electron chi connectivity index (χ2n) is 9.63. The van der Waals surface area contributed by atoms with Gasteiger partial charge in [0.05, 0.1) is 18.7 Å². The number of ether oxygens (including phenoxy) is 1. The highest BCUT2D eigenvalue weighted by molar-refractivity contribution is 5.91. The van der Waals surface area contributed by atoms with Gasteiger partial charge in [-0.15, -0.1) is 0 Å². The molecule has 2 N–H and O–H groups in total. The summed E-state index contributed by atoms with van der Waals surface area (Å²) in [6, 6.07) is 14.1. The number of rotatable bonds is 5. The molecule has 0 unspecified atom stereocenters. The molecule has 186 valence electrons. The van der Waals surface area contributed by atoms with Crippen LogP contribution >= 0.6 is 0 Å². The number of fused-ring (bicyclic) bond motifs is 1. The molecule has 0 bridgehead atoms. The molecule has 7 nitrogen and oxygen atoms in total. The van der Waals surface area contributed by atoms with Crippen molar-refractivity contribution in [3.05, 3.63) is 71.7 Å². The number of nitrogens with one attached hydrogen (secondary N) is 1. The summed E-state index contributed by atoms with van der Waals surface area (Å²) in [5.74, 6) is 1.91. The lowest BCUT2D eigenvalue weighted by Gasteiger charge is -2.32. The van der Waals surface area contributed by atoms with Crippen LogP contribution in [-0.2, 0) is 11.3 Å². The van der Waals surface area contributed by atoms with Crippen LogP contribution in [0.5, 0.6) is 5.75 Å². The standard InChI is InChI=1S/C28H30FN5O2/c29-24-7-2-1-4-21(24)18-33-10-8-19(9-11-33)23-17-30-26-25(23)31-27(20-5-3-6-22(35)16-20)32-28(26)34-12-14-36-15-13-34/h1-7,16-17,19,30,35H,8-15,18H2. The number of anilines is 1. The minimum absolute atomic E-state index is 0.136. The fourth-order valence-corrected chi connectivity index (χ4v) is 5.37. The molecule has 0 spiro atoms. The van der Waals surface area contributed by atoms with E-state index < -0.39 is 0 Å². The van der Waals surface area contributed by atoms with Crippen molar-refractivity contribution < 1.29 is 14.2 Å². The van der Waals surface area contributed by atoms with Crippen LogP contribution in [0.3, 0.4) is 0 Å². The van der Waals surface area contributed by atoms with E-state index in [4.69, 9.17) is 14.7 Å². The number of halogens is 1. The lowest BCUT2D eigenvalue weighted by molar-refractivity contribution is 0.122. The van der Waals surface area contributed by atoms with Crippen LogP contribution in [0.2, 0.25) is 0 Å². The van der Waals surface area contributed by atoms with Gasteiger partial charge in [-0.05, 0) is 55.6 Å². The second kappa shape index (κ2) is 9.87. The number of aromatic nitrogens is 3. The molecular formula is C28H30FN5O2. The van der Waals surface area contributed by atoms with Crippen LogP contribution in [0, 0.1) is 5.82 Å². The van der Waals surface area contributed by atoms with Gasteiger partial charge in [-0.2, -0.15) is 0 Å². The fourth-order valence-electron chi connectivity index (χ4n) is 5.37. The number of aromatic hydroxyl groups is 1. The molecule has 0 radical (unpaired) electrons. The van der Waals surface area contributed by atoms with E-state index in [0.29, 0.717) is 31.5 Å². The Labute approximate surface area is 209 Å². The average Bonchev–Trinajstić information content (AvgIpc) is 3.34. The Morgan fingerprint density at radius 3 is 2.58 bits per heavy atom. The molecule has 2 fully saturated rings. The Hall–Kier alpha value is -3.49. The molecule has 0 amide bonds. The third-order valence-electron chi connectivity index (χ3n) is 7.33. The molecule has 0 atom stereocenters. The molecular weight excluding hydrogens is 457 g/mol. The summed E-state index contributed by atoms with van der Waals surface area (Å²) in [6.07, 6.45) is 4.06. The van der Waals surface area contributed by atoms with Gasteiger partial charge in [0, 0.05) is 37.0 Å². The SMILES string of the molecule is Oc1cccc(-c2nc(N3CCOCC3)c3[nH]cc(C4CCN(Cc5ccccc5F)CC4)c3n2)c1. The van der Waals surface area contributed by atoms with E-state index in [1.54, 1.807) is 18.2 Å². The number of hydrogen-bond acceptors (Lipinski definition) is 6. The molecule has 0 aliphatic carbocycles. The Morgan fingerprint density at radius 1 is 1.00 bits per heavy atom. The summed E-state index contributed by atoms with van der Waals surface area (Å²) in [7, 11) is 0. The molecule has 6 rings (SSSR count). The largest absolute Gasteiger partial charge is 0.508 e. The highest BCUT2D eigenvalue weighted by Gasteiger charge is 2.27. The van der Waals surface area contributed by atoms with Crippen LogP contribution < -0.4 is 4.90 Å². The van der Waals surface area contributed by atoms with Gasteiger partial charge < -0.3 is 19.7 Å². The minimum Gasteiger partial charge on any atom is -0.508 e. The quantitative estimate of drug-likeness (QED) is 0.426. The number of hydrogen-bond donors (Lipinski definition) is 2. The summed E-state index contributed by atoms with van der Waals surface area (Å²) in [5.41, 5.74) is 4.63. The number of benzene rings is 2. The van der Waals surface area contributed by atoms with Crippen molar-refractivity contribution in [3.63, 3.8) is 0 Å². The van der Waals surface area contributed by atoms with E-state index in [1.165, 1.54) is 11.6 Å². The molecule has 4 heterocycles. The number of H-pyrrole nitrogens is 1. The first-order chi connectivity index (χ1) is 17.7. The van der Waals surface area contributed by atoms with Crippen LogP contribution in [0.15, 0.2) is 54.7 Å². The number of phenols is 1. The van der Waals surface area contributed by atoms with E-state index in [-0.39, 0.29) is 11.6 Å².